The molecule has 0 aliphatic rings. The van der Waals surface area contributed by atoms with Crippen molar-refractivity contribution in [1.29, 1.82) is 5.26 Å². The van der Waals surface area contributed by atoms with E-state index in [0.717, 1.165) is 16.7 Å². The zero-order valence-electron chi connectivity index (χ0n) is 14.9. The van der Waals surface area contributed by atoms with Crippen molar-refractivity contribution in [3.8, 4) is 11.8 Å². The number of esters is 2. The van der Waals surface area contributed by atoms with Crippen LogP contribution in [0.15, 0.2) is 36.4 Å². The first-order valence-corrected chi connectivity index (χ1v) is 9.15. The van der Waals surface area contributed by atoms with E-state index < -0.39 is 11.9 Å². The van der Waals surface area contributed by atoms with Crippen molar-refractivity contribution in [3.63, 3.8) is 0 Å². The number of nitrogens with zero attached hydrogens (tertiary/aromatic N) is 1. The summed E-state index contributed by atoms with van der Waals surface area (Å²) in [5.41, 5.74) is 6.05. The van der Waals surface area contributed by atoms with E-state index in [0.29, 0.717) is 5.39 Å². The number of thiophene rings is 1. The topological polar surface area (TPSA) is 123 Å². The van der Waals surface area contributed by atoms with E-state index in [2.05, 4.69) is 0 Å². The number of rotatable bonds is 5. The van der Waals surface area contributed by atoms with Gasteiger partial charge in [-0.05, 0) is 18.4 Å². The minimum Gasteiger partial charge on any atom is -0.506 e. The lowest BCUT2D eigenvalue weighted by molar-refractivity contribution is 0.0450. The maximum absolute atomic E-state index is 12.5. The Morgan fingerprint density at radius 3 is 2.64 bits per heavy atom. The van der Waals surface area contributed by atoms with E-state index in [4.69, 9.17) is 15.2 Å². The van der Waals surface area contributed by atoms with Crippen LogP contribution in [0.2, 0.25) is 0 Å². The first kappa shape index (κ1) is 19.2. The number of carbonyl (C=O) groups excluding carboxylic acids is 2. The van der Waals surface area contributed by atoms with Crippen molar-refractivity contribution in [2.24, 2.45) is 0 Å². The molecule has 1 heterocycles. The lowest BCUT2D eigenvalue weighted by atomic mass is 10.1. The third kappa shape index (κ3) is 3.48. The van der Waals surface area contributed by atoms with Gasteiger partial charge in [-0.15, -0.1) is 11.3 Å². The first-order chi connectivity index (χ1) is 13.5. The molecular weight excluding hydrogens is 380 g/mol. The molecule has 3 aromatic rings. The van der Waals surface area contributed by atoms with Gasteiger partial charge in [0.15, 0.2) is 0 Å². The highest BCUT2D eigenvalue weighted by molar-refractivity contribution is 7.18. The molecule has 0 amide bonds. The molecule has 28 heavy (non-hydrogen) atoms. The van der Waals surface area contributed by atoms with E-state index in [9.17, 15) is 20.0 Å². The molecule has 1 aromatic heterocycles. The van der Waals surface area contributed by atoms with Gasteiger partial charge in [0.05, 0.1) is 12.2 Å². The average molecular weight is 396 g/mol. The monoisotopic (exact) mass is 396 g/mol. The largest absolute Gasteiger partial charge is 0.506 e. The summed E-state index contributed by atoms with van der Waals surface area (Å²) in [5.74, 6) is -1.62. The summed E-state index contributed by atoms with van der Waals surface area (Å²) < 4.78 is 10.2. The summed E-state index contributed by atoms with van der Waals surface area (Å²) in [6.07, 6.45) is 0. The van der Waals surface area contributed by atoms with Crippen molar-refractivity contribution in [2.45, 2.75) is 13.5 Å². The Balaban J connectivity index is 1.88. The molecule has 0 saturated carbocycles. The van der Waals surface area contributed by atoms with Crippen LogP contribution in [0.1, 0.15) is 38.1 Å². The standard InChI is InChI=1S/C20H16N2O5S/c1-2-26-20(25)17-15(14(9-21)18(22)28-17)10-27-19(24)13-8-7-11-5-3-4-6-12(11)16(13)23/h3-8,23H,2,10,22H2,1H3. The quantitative estimate of drug-likeness (QED) is 0.632. The number of benzene rings is 2. The molecule has 8 heteroatoms. The van der Waals surface area contributed by atoms with Crippen LogP contribution in [-0.4, -0.2) is 23.7 Å². The van der Waals surface area contributed by atoms with Crippen LogP contribution >= 0.6 is 11.3 Å². The second-order valence-corrected chi connectivity index (χ2v) is 6.79. The fraction of sp³-hybridized carbons (Fsp3) is 0.150. The van der Waals surface area contributed by atoms with Gasteiger partial charge in [0, 0.05) is 10.9 Å². The summed E-state index contributed by atoms with van der Waals surface area (Å²) in [7, 11) is 0. The Morgan fingerprint density at radius 2 is 1.93 bits per heavy atom. The molecule has 142 valence electrons. The smallest absolute Gasteiger partial charge is 0.348 e. The Bertz CT molecular complexity index is 1110. The molecule has 0 fully saturated rings. The molecule has 0 bridgehead atoms. The summed E-state index contributed by atoms with van der Waals surface area (Å²) in [6, 6.07) is 12.1. The van der Waals surface area contributed by atoms with Crippen molar-refractivity contribution in [1.82, 2.24) is 0 Å². The molecule has 0 spiro atoms. The zero-order chi connectivity index (χ0) is 20.3. The number of nitrogen functional groups attached to an aromatic ring is 1. The van der Waals surface area contributed by atoms with Crippen LogP contribution in [0.3, 0.4) is 0 Å². The zero-order valence-corrected chi connectivity index (χ0v) is 15.7. The van der Waals surface area contributed by atoms with Gasteiger partial charge in [-0.2, -0.15) is 5.26 Å². The fourth-order valence-corrected chi connectivity index (χ4v) is 3.66. The van der Waals surface area contributed by atoms with Crippen molar-refractivity contribution >= 4 is 39.0 Å². The van der Waals surface area contributed by atoms with Gasteiger partial charge in [-0.3, -0.25) is 0 Å². The third-order valence-corrected chi connectivity index (χ3v) is 5.12. The minimum absolute atomic E-state index is 0.0157. The lowest BCUT2D eigenvalue weighted by Crippen LogP contribution is -2.10. The first-order valence-electron chi connectivity index (χ1n) is 8.34. The number of ether oxygens (including phenoxy) is 2. The molecule has 0 atom stereocenters. The van der Waals surface area contributed by atoms with Crippen LogP contribution in [0, 0.1) is 11.3 Å². The number of aromatic hydroxyl groups is 1. The Morgan fingerprint density at radius 1 is 1.18 bits per heavy atom. The molecular formula is C20H16N2O5S. The Hall–Kier alpha value is -3.57. The summed E-state index contributed by atoms with van der Waals surface area (Å²) in [4.78, 5) is 24.7. The lowest BCUT2D eigenvalue weighted by Gasteiger charge is -2.09. The van der Waals surface area contributed by atoms with Crippen molar-refractivity contribution in [2.75, 3.05) is 12.3 Å². The molecule has 3 rings (SSSR count). The molecule has 0 unspecified atom stereocenters. The van der Waals surface area contributed by atoms with Gasteiger partial charge in [0.2, 0.25) is 0 Å². The Labute approximate surface area is 164 Å². The predicted molar refractivity (Wildman–Crippen MR) is 104 cm³/mol. The third-order valence-electron chi connectivity index (χ3n) is 4.08. The van der Waals surface area contributed by atoms with Crippen LogP contribution in [0.4, 0.5) is 5.00 Å². The SMILES string of the molecule is CCOC(=O)c1sc(N)c(C#N)c1COC(=O)c1ccc2ccccc2c1O. The number of fused-ring (bicyclic) bond motifs is 1. The highest BCUT2D eigenvalue weighted by Crippen LogP contribution is 2.33. The van der Waals surface area contributed by atoms with Crippen LogP contribution < -0.4 is 5.73 Å². The maximum atomic E-state index is 12.5. The van der Waals surface area contributed by atoms with Crippen molar-refractivity contribution < 1.29 is 24.2 Å². The number of carbonyl (C=O) groups is 2. The maximum Gasteiger partial charge on any atom is 0.348 e. The number of phenolic OH excluding ortho intramolecular Hbond substituents is 1. The fourth-order valence-electron chi connectivity index (χ4n) is 2.74. The molecule has 2 aromatic carbocycles. The van der Waals surface area contributed by atoms with Gasteiger partial charge in [0.1, 0.15) is 33.9 Å². The normalized spacial score (nSPS) is 10.4. The van der Waals surface area contributed by atoms with E-state index >= 15 is 0 Å². The predicted octanol–water partition coefficient (Wildman–Crippen LogP) is 3.59. The highest BCUT2D eigenvalue weighted by atomic mass is 32.1. The highest BCUT2D eigenvalue weighted by Gasteiger charge is 2.24. The minimum atomic E-state index is -0.785. The van der Waals surface area contributed by atoms with Crippen molar-refractivity contribution in [3.05, 3.63) is 58.0 Å². The number of hydrogen-bond donors (Lipinski definition) is 2. The van der Waals surface area contributed by atoms with E-state index in [1.807, 2.05) is 18.2 Å². The van der Waals surface area contributed by atoms with Gasteiger partial charge in [-0.1, -0.05) is 30.3 Å². The second-order valence-electron chi connectivity index (χ2n) is 5.74. The number of nitrogens with two attached hydrogens (primary N) is 1. The van der Waals surface area contributed by atoms with E-state index in [-0.39, 0.29) is 45.5 Å². The van der Waals surface area contributed by atoms with Crippen LogP contribution in [0.25, 0.3) is 10.8 Å². The van der Waals surface area contributed by atoms with Crippen LogP contribution in [-0.2, 0) is 16.1 Å². The van der Waals surface area contributed by atoms with Gasteiger partial charge in [0.25, 0.3) is 0 Å². The molecule has 0 aliphatic carbocycles. The molecule has 3 N–H and O–H groups in total. The van der Waals surface area contributed by atoms with Crippen LogP contribution in [0.5, 0.6) is 5.75 Å². The molecule has 7 nitrogen and oxygen atoms in total. The summed E-state index contributed by atoms with van der Waals surface area (Å²) in [5, 5.41) is 21.1. The van der Waals surface area contributed by atoms with E-state index in [1.54, 1.807) is 25.1 Å². The number of hydrogen-bond acceptors (Lipinski definition) is 8. The average Bonchev–Trinajstić information content (AvgIpc) is 3.02. The number of anilines is 1. The molecule has 0 aliphatic heterocycles. The summed E-state index contributed by atoms with van der Waals surface area (Å²) >= 11 is 0.906. The Kier molecular flexibility index (Phi) is 5.47. The van der Waals surface area contributed by atoms with E-state index in [1.165, 1.54) is 6.07 Å². The molecule has 0 radical (unpaired) electrons. The summed E-state index contributed by atoms with van der Waals surface area (Å²) in [6.45, 7) is 1.46. The molecule has 0 saturated heterocycles. The van der Waals surface area contributed by atoms with Gasteiger partial charge >= 0.3 is 11.9 Å². The second kappa shape index (κ2) is 7.98. The van der Waals surface area contributed by atoms with Gasteiger partial charge < -0.3 is 20.3 Å². The number of nitriles is 1. The van der Waals surface area contributed by atoms with Gasteiger partial charge in [-0.25, -0.2) is 9.59 Å². The number of phenols is 1.